The van der Waals surface area contributed by atoms with Gasteiger partial charge in [-0.25, -0.2) is 8.42 Å². The molecule has 0 heterocycles. The van der Waals surface area contributed by atoms with E-state index in [4.69, 9.17) is 0 Å². The average Bonchev–Trinajstić information content (AvgIpc) is 2.02. The molecule has 5 heteroatoms. The monoisotopic (exact) mass is 221 g/mol. The zero-order valence-electron chi connectivity index (χ0n) is 9.20. The van der Waals surface area contributed by atoms with Gasteiger partial charge in [0.25, 0.3) is 0 Å². The molecule has 84 valence electrons. The summed E-state index contributed by atoms with van der Waals surface area (Å²) in [5, 5.41) is 2.65. The van der Waals surface area contributed by atoms with E-state index in [-0.39, 0.29) is 11.8 Å². The summed E-state index contributed by atoms with van der Waals surface area (Å²) in [7, 11) is -3.20. The molecule has 1 N–H and O–H groups in total. The van der Waals surface area contributed by atoms with Gasteiger partial charge in [0.05, 0.1) is 0 Å². The molecule has 0 saturated carbocycles. The van der Waals surface area contributed by atoms with Crippen LogP contribution in [-0.4, -0.2) is 31.9 Å². The van der Waals surface area contributed by atoms with Gasteiger partial charge in [0.2, 0.25) is 5.91 Å². The van der Waals surface area contributed by atoms with Gasteiger partial charge in [-0.15, -0.1) is 0 Å². The largest absolute Gasteiger partial charge is 0.353 e. The van der Waals surface area contributed by atoms with E-state index in [9.17, 15) is 13.2 Å². The maximum Gasteiger partial charge on any atom is 0.235 e. The third kappa shape index (κ3) is 5.21. The minimum absolute atomic E-state index is 0.00885. The van der Waals surface area contributed by atoms with Gasteiger partial charge >= 0.3 is 0 Å². The van der Waals surface area contributed by atoms with Gasteiger partial charge in [-0.3, -0.25) is 4.79 Å². The summed E-state index contributed by atoms with van der Waals surface area (Å²) < 4.78 is 22.2. The lowest BCUT2D eigenvalue weighted by molar-refractivity contribution is -0.119. The molecular weight excluding hydrogens is 202 g/mol. The minimum atomic E-state index is -3.20. The zero-order chi connectivity index (χ0) is 11.4. The van der Waals surface area contributed by atoms with Gasteiger partial charge in [0.15, 0.2) is 9.84 Å². The van der Waals surface area contributed by atoms with E-state index in [1.54, 1.807) is 0 Å². The number of carbonyl (C=O) groups is 1. The van der Waals surface area contributed by atoms with Crippen molar-refractivity contribution in [2.24, 2.45) is 5.92 Å². The van der Waals surface area contributed by atoms with Crippen LogP contribution in [-0.2, 0) is 14.6 Å². The number of amides is 1. The number of hydrogen-bond donors (Lipinski definition) is 1. The molecule has 0 saturated heterocycles. The number of rotatable bonds is 5. The molecule has 0 unspecified atom stereocenters. The first-order chi connectivity index (χ1) is 6.28. The molecule has 0 rings (SSSR count). The van der Waals surface area contributed by atoms with Crippen LogP contribution in [0, 0.1) is 5.92 Å². The van der Waals surface area contributed by atoms with Crippen molar-refractivity contribution >= 4 is 15.7 Å². The summed E-state index contributed by atoms with van der Waals surface area (Å²) in [4.78, 5) is 11.2. The molecule has 0 aliphatic carbocycles. The quantitative estimate of drug-likeness (QED) is 0.738. The Morgan fingerprint density at radius 2 is 1.79 bits per heavy atom. The third-order valence-electron chi connectivity index (χ3n) is 2.18. The van der Waals surface area contributed by atoms with E-state index in [1.165, 1.54) is 6.92 Å². The molecular formula is C9H19NO3S. The highest BCUT2D eigenvalue weighted by molar-refractivity contribution is 7.92. The van der Waals surface area contributed by atoms with E-state index in [2.05, 4.69) is 5.32 Å². The maximum absolute atomic E-state index is 11.2. The van der Waals surface area contributed by atoms with Crippen LogP contribution in [0.3, 0.4) is 0 Å². The highest BCUT2D eigenvalue weighted by Gasteiger charge is 2.16. The van der Waals surface area contributed by atoms with Crippen LogP contribution in [0.2, 0.25) is 0 Å². The Morgan fingerprint density at radius 3 is 2.14 bits per heavy atom. The Labute approximate surface area is 86.0 Å². The molecule has 0 spiro atoms. The van der Waals surface area contributed by atoms with Crippen LogP contribution >= 0.6 is 0 Å². The second kappa shape index (κ2) is 5.34. The van der Waals surface area contributed by atoms with Gasteiger partial charge < -0.3 is 5.32 Å². The predicted octanol–water partition coefficient (Wildman–Crippen LogP) is 0.582. The minimum Gasteiger partial charge on any atom is -0.353 e. The molecule has 0 aromatic heterocycles. The molecule has 1 amide bonds. The Morgan fingerprint density at radius 1 is 1.29 bits per heavy atom. The number of sulfone groups is 1. The first-order valence-corrected chi connectivity index (χ1v) is 6.60. The van der Waals surface area contributed by atoms with Crippen molar-refractivity contribution in [2.75, 3.05) is 11.5 Å². The van der Waals surface area contributed by atoms with Crippen molar-refractivity contribution in [2.45, 2.75) is 33.7 Å². The van der Waals surface area contributed by atoms with E-state index < -0.39 is 21.5 Å². The molecule has 0 aliphatic rings. The lowest BCUT2D eigenvalue weighted by Crippen LogP contribution is -2.39. The van der Waals surface area contributed by atoms with E-state index in [0.29, 0.717) is 5.92 Å². The van der Waals surface area contributed by atoms with Gasteiger partial charge in [0.1, 0.15) is 5.75 Å². The van der Waals surface area contributed by atoms with Gasteiger partial charge in [-0.2, -0.15) is 0 Å². The molecule has 1 atom stereocenters. The van der Waals surface area contributed by atoms with Gasteiger partial charge in [0, 0.05) is 11.8 Å². The normalized spacial score (nSPS) is 14.1. The zero-order valence-corrected chi connectivity index (χ0v) is 10.0. The first-order valence-electron chi connectivity index (χ1n) is 4.78. The standard InChI is InChI=1S/C9H19NO3S/c1-5-14(12,13)6-9(11)10-8(4)7(2)3/h7-8H,5-6H2,1-4H3,(H,10,11)/t8-/m0/s1. The lowest BCUT2D eigenvalue weighted by Gasteiger charge is -2.17. The number of carbonyl (C=O) groups excluding carboxylic acids is 1. The maximum atomic E-state index is 11.2. The van der Waals surface area contributed by atoms with E-state index >= 15 is 0 Å². The van der Waals surface area contributed by atoms with Crippen LogP contribution in [0.15, 0.2) is 0 Å². The molecule has 0 aromatic rings. The van der Waals surface area contributed by atoms with Crippen molar-refractivity contribution in [1.82, 2.24) is 5.32 Å². The Bertz CT molecular complexity index is 282. The highest BCUT2D eigenvalue weighted by atomic mass is 32.2. The van der Waals surface area contributed by atoms with Crippen LogP contribution in [0.5, 0.6) is 0 Å². The Balaban J connectivity index is 4.13. The molecule has 0 fully saturated rings. The molecule has 4 nitrogen and oxygen atoms in total. The summed E-state index contributed by atoms with van der Waals surface area (Å²) >= 11 is 0. The smallest absolute Gasteiger partial charge is 0.235 e. The fourth-order valence-electron chi connectivity index (χ4n) is 0.764. The van der Waals surface area contributed by atoms with Crippen molar-refractivity contribution in [3.63, 3.8) is 0 Å². The fourth-order valence-corrected chi connectivity index (χ4v) is 1.45. The third-order valence-corrected chi connectivity index (χ3v) is 3.76. The lowest BCUT2D eigenvalue weighted by atomic mass is 10.1. The summed E-state index contributed by atoms with van der Waals surface area (Å²) in [6.45, 7) is 7.34. The SMILES string of the molecule is CCS(=O)(=O)CC(=O)N[C@@H](C)C(C)C. The van der Waals surface area contributed by atoms with Crippen LogP contribution in [0.4, 0.5) is 0 Å². The molecule has 0 aromatic carbocycles. The van der Waals surface area contributed by atoms with Crippen LogP contribution in [0.1, 0.15) is 27.7 Å². The van der Waals surface area contributed by atoms with Crippen molar-refractivity contribution in [3.8, 4) is 0 Å². The first kappa shape index (κ1) is 13.4. The summed E-state index contributed by atoms with van der Waals surface area (Å²) in [6, 6.07) is 0.00885. The summed E-state index contributed by atoms with van der Waals surface area (Å²) in [5.74, 6) is -0.492. The Kier molecular flexibility index (Phi) is 5.12. The summed E-state index contributed by atoms with van der Waals surface area (Å²) in [6.07, 6.45) is 0. The number of hydrogen-bond acceptors (Lipinski definition) is 3. The van der Waals surface area contributed by atoms with Crippen molar-refractivity contribution < 1.29 is 13.2 Å². The second-order valence-corrected chi connectivity index (χ2v) is 6.13. The van der Waals surface area contributed by atoms with Crippen molar-refractivity contribution in [3.05, 3.63) is 0 Å². The topological polar surface area (TPSA) is 63.2 Å². The molecule has 0 radical (unpaired) electrons. The predicted molar refractivity (Wildman–Crippen MR) is 56.8 cm³/mol. The van der Waals surface area contributed by atoms with Gasteiger partial charge in [-0.05, 0) is 12.8 Å². The molecule has 14 heavy (non-hydrogen) atoms. The average molecular weight is 221 g/mol. The van der Waals surface area contributed by atoms with Crippen molar-refractivity contribution in [1.29, 1.82) is 0 Å². The van der Waals surface area contributed by atoms with Gasteiger partial charge in [-0.1, -0.05) is 20.8 Å². The number of nitrogens with one attached hydrogen (secondary N) is 1. The second-order valence-electron chi connectivity index (χ2n) is 3.78. The molecule has 0 aliphatic heterocycles. The highest BCUT2D eigenvalue weighted by Crippen LogP contribution is 2.00. The van der Waals surface area contributed by atoms with Crippen LogP contribution in [0.25, 0.3) is 0 Å². The fraction of sp³-hybridized carbons (Fsp3) is 0.889. The summed E-state index contributed by atoms with van der Waals surface area (Å²) in [5.41, 5.74) is 0. The van der Waals surface area contributed by atoms with E-state index in [1.807, 2.05) is 20.8 Å². The molecule has 0 bridgehead atoms. The van der Waals surface area contributed by atoms with Crippen LogP contribution < -0.4 is 5.32 Å². The van der Waals surface area contributed by atoms with E-state index in [0.717, 1.165) is 0 Å². The Hall–Kier alpha value is -0.580.